The Morgan fingerprint density at radius 3 is 2.33 bits per heavy atom. The summed E-state index contributed by atoms with van der Waals surface area (Å²) in [4.78, 5) is 2.47. The molecule has 15 heavy (non-hydrogen) atoms. The van der Waals surface area contributed by atoms with Gasteiger partial charge in [-0.05, 0) is 63.7 Å². The summed E-state index contributed by atoms with van der Waals surface area (Å²) in [5, 5.41) is 0. The molecule has 1 aliphatic carbocycles. The van der Waals surface area contributed by atoms with Crippen LogP contribution in [0.5, 0.6) is 0 Å². The molecule has 0 aliphatic heterocycles. The Hall–Kier alpha value is -0.0800. The van der Waals surface area contributed by atoms with Gasteiger partial charge in [-0.25, -0.2) is 0 Å². The van der Waals surface area contributed by atoms with Crippen LogP contribution >= 0.6 is 0 Å². The van der Waals surface area contributed by atoms with Crippen molar-refractivity contribution in [1.29, 1.82) is 0 Å². The maximum absolute atomic E-state index is 5.86. The summed E-state index contributed by atoms with van der Waals surface area (Å²) in [6.45, 7) is 7.94. The fourth-order valence-electron chi connectivity index (χ4n) is 2.25. The molecular formula is C13H28N2. The fourth-order valence-corrected chi connectivity index (χ4v) is 2.25. The summed E-state index contributed by atoms with van der Waals surface area (Å²) in [7, 11) is 2.24. The summed E-state index contributed by atoms with van der Waals surface area (Å²) < 4.78 is 0. The lowest BCUT2D eigenvalue weighted by Crippen LogP contribution is -2.40. The topological polar surface area (TPSA) is 29.3 Å². The van der Waals surface area contributed by atoms with Gasteiger partial charge in [-0.3, -0.25) is 0 Å². The van der Waals surface area contributed by atoms with Crippen LogP contribution in [0.3, 0.4) is 0 Å². The molecule has 0 bridgehead atoms. The average Bonchev–Trinajstić information content (AvgIpc) is 2.14. The van der Waals surface area contributed by atoms with Crippen molar-refractivity contribution in [2.75, 3.05) is 26.7 Å². The van der Waals surface area contributed by atoms with E-state index in [0.29, 0.717) is 5.41 Å². The van der Waals surface area contributed by atoms with Crippen molar-refractivity contribution in [3.8, 4) is 0 Å². The van der Waals surface area contributed by atoms with Crippen LogP contribution in [0.2, 0.25) is 0 Å². The molecule has 0 heterocycles. The van der Waals surface area contributed by atoms with Crippen molar-refractivity contribution in [2.45, 2.75) is 46.0 Å². The first kappa shape index (κ1) is 13.0. The van der Waals surface area contributed by atoms with Gasteiger partial charge in [-0.15, -0.1) is 0 Å². The van der Waals surface area contributed by atoms with E-state index >= 15 is 0 Å². The molecule has 0 amide bonds. The van der Waals surface area contributed by atoms with Crippen LogP contribution in [-0.4, -0.2) is 31.6 Å². The lowest BCUT2D eigenvalue weighted by molar-refractivity contribution is 0.111. The summed E-state index contributed by atoms with van der Waals surface area (Å²) in [6.07, 6.45) is 6.74. The van der Waals surface area contributed by atoms with Crippen molar-refractivity contribution in [3.63, 3.8) is 0 Å². The van der Waals surface area contributed by atoms with Crippen molar-refractivity contribution < 1.29 is 0 Å². The number of hydrogen-bond acceptors (Lipinski definition) is 2. The lowest BCUT2D eigenvalue weighted by atomic mass is 9.66. The number of nitrogens with zero attached hydrogens (tertiary/aromatic N) is 1. The first-order chi connectivity index (χ1) is 7.08. The van der Waals surface area contributed by atoms with E-state index in [0.717, 1.165) is 12.5 Å². The zero-order chi connectivity index (χ0) is 11.3. The molecule has 2 N–H and O–H groups in total. The maximum Gasteiger partial charge on any atom is -0.00160 e. The third-order valence-electron chi connectivity index (χ3n) is 3.96. The maximum atomic E-state index is 5.86. The van der Waals surface area contributed by atoms with Crippen LogP contribution in [0.15, 0.2) is 0 Å². The van der Waals surface area contributed by atoms with Gasteiger partial charge in [0.25, 0.3) is 0 Å². The number of nitrogens with two attached hydrogens (primary N) is 1. The minimum atomic E-state index is 0.520. The Labute approximate surface area is 95.2 Å². The van der Waals surface area contributed by atoms with Gasteiger partial charge >= 0.3 is 0 Å². The second kappa shape index (κ2) is 5.86. The summed E-state index contributed by atoms with van der Waals surface area (Å²) in [6, 6.07) is 0. The van der Waals surface area contributed by atoms with Crippen molar-refractivity contribution in [3.05, 3.63) is 0 Å². The third kappa shape index (κ3) is 4.12. The molecule has 0 saturated heterocycles. The van der Waals surface area contributed by atoms with E-state index in [1.54, 1.807) is 0 Å². The normalized spacial score (nSPS) is 19.6. The molecule has 1 saturated carbocycles. The predicted molar refractivity (Wildman–Crippen MR) is 66.9 cm³/mol. The zero-order valence-electron chi connectivity index (χ0n) is 10.8. The summed E-state index contributed by atoms with van der Waals surface area (Å²) in [5.74, 6) is 0.819. The van der Waals surface area contributed by atoms with Gasteiger partial charge in [0.05, 0.1) is 0 Å². The number of hydrogen-bond donors (Lipinski definition) is 1. The van der Waals surface area contributed by atoms with Crippen molar-refractivity contribution >= 4 is 0 Å². The molecule has 0 spiro atoms. The predicted octanol–water partition coefficient (Wildman–Crippen LogP) is 2.48. The quantitative estimate of drug-likeness (QED) is 0.702. The van der Waals surface area contributed by atoms with Crippen molar-refractivity contribution in [2.24, 2.45) is 17.1 Å². The highest BCUT2D eigenvalue weighted by molar-refractivity contribution is 4.88. The molecule has 0 aromatic heterocycles. The molecule has 90 valence electrons. The van der Waals surface area contributed by atoms with E-state index in [4.69, 9.17) is 5.73 Å². The van der Waals surface area contributed by atoms with Crippen LogP contribution in [0, 0.1) is 11.3 Å². The smallest absolute Gasteiger partial charge is 0.00160 e. The molecule has 2 heteroatoms. The van der Waals surface area contributed by atoms with E-state index in [9.17, 15) is 0 Å². The van der Waals surface area contributed by atoms with Gasteiger partial charge in [-0.2, -0.15) is 0 Å². The molecule has 0 atom stereocenters. The van der Waals surface area contributed by atoms with Crippen LogP contribution in [0.1, 0.15) is 46.0 Å². The Kier molecular flexibility index (Phi) is 5.07. The second-order valence-electron chi connectivity index (χ2n) is 5.79. The molecule has 0 aromatic carbocycles. The largest absolute Gasteiger partial charge is 0.330 e. The van der Waals surface area contributed by atoms with Gasteiger partial charge in [0.1, 0.15) is 0 Å². The highest BCUT2D eigenvalue weighted by atomic mass is 15.1. The minimum Gasteiger partial charge on any atom is -0.330 e. The van der Waals surface area contributed by atoms with E-state index in [1.165, 1.54) is 45.2 Å². The van der Waals surface area contributed by atoms with E-state index in [1.807, 2.05) is 0 Å². The highest BCUT2D eigenvalue weighted by Gasteiger charge is 2.34. The van der Waals surface area contributed by atoms with Gasteiger partial charge in [0.2, 0.25) is 0 Å². The lowest BCUT2D eigenvalue weighted by Gasteiger charge is -2.42. The zero-order valence-corrected chi connectivity index (χ0v) is 10.8. The average molecular weight is 212 g/mol. The highest BCUT2D eigenvalue weighted by Crippen LogP contribution is 2.42. The first-order valence-corrected chi connectivity index (χ1v) is 6.47. The Morgan fingerprint density at radius 1 is 1.27 bits per heavy atom. The molecule has 1 rings (SSSR count). The van der Waals surface area contributed by atoms with Crippen LogP contribution < -0.4 is 5.73 Å². The molecule has 1 fully saturated rings. The Morgan fingerprint density at radius 2 is 1.93 bits per heavy atom. The van der Waals surface area contributed by atoms with E-state index in [-0.39, 0.29) is 0 Å². The molecule has 1 aliphatic rings. The monoisotopic (exact) mass is 212 g/mol. The summed E-state index contributed by atoms with van der Waals surface area (Å²) in [5.41, 5.74) is 6.38. The number of rotatable bonds is 7. The Balaban J connectivity index is 2.12. The molecular weight excluding hydrogens is 184 g/mol. The van der Waals surface area contributed by atoms with Crippen LogP contribution in [0.25, 0.3) is 0 Å². The van der Waals surface area contributed by atoms with Crippen LogP contribution in [-0.2, 0) is 0 Å². The fraction of sp³-hybridized carbons (Fsp3) is 1.00. The van der Waals surface area contributed by atoms with Crippen LogP contribution in [0.4, 0.5) is 0 Å². The van der Waals surface area contributed by atoms with Crippen molar-refractivity contribution in [1.82, 2.24) is 4.90 Å². The second-order valence-corrected chi connectivity index (χ2v) is 5.79. The van der Waals surface area contributed by atoms with Gasteiger partial charge in [-0.1, -0.05) is 20.3 Å². The standard InChI is InChI=1S/C13H28N2/c1-12(2)5-9-15(3)10-8-13(11-14)6-4-7-13/h12H,4-11,14H2,1-3H3. The SMILES string of the molecule is CC(C)CCN(C)CCC1(CN)CCC1. The summed E-state index contributed by atoms with van der Waals surface area (Å²) >= 11 is 0. The van der Waals surface area contributed by atoms with E-state index in [2.05, 4.69) is 25.8 Å². The van der Waals surface area contributed by atoms with Gasteiger partial charge < -0.3 is 10.6 Å². The molecule has 2 nitrogen and oxygen atoms in total. The molecule has 0 radical (unpaired) electrons. The molecule has 0 unspecified atom stereocenters. The first-order valence-electron chi connectivity index (χ1n) is 6.47. The Bertz CT molecular complexity index is 168. The van der Waals surface area contributed by atoms with Gasteiger partial charge in [0, 0.05) is 0 Å². The molecule has 0 aromatic rings. The third-order valence-corrected chi connectivity index (χ3v) is 3.96. The van der Waals surface area contributed by atoms with E-state index < -0.39 is 0 Å². The van der Waals surface area contributed by atoms with Gasteiger partial charge in [0.15, 0.2) is 0 Å². The minimum absolute atomic E-state index is 0.520.